The van der Waals surface area contributed by atoms with E-state index in [4.69, 9.17) is 9.47 Å². The first-order valence-corrected chi connectivity index (χ1v) is 11.0. The molecular formula is C22H22FN3O6S. The van der Waals surface area contributed by atoms with E-state index in [0.29, 0.717) is 16.0 Å². The maximum atomic E-state index is 13.5. The fourth-order valence-electron chi connectivity index (χ4n) is 3.18. The first-order valence-electron chi connectivity index (χ1n) is 10.1. The van der Waals surface area contributed by atoms with Crippen LogP contribution in [0.1, 0.15) is 34.6 Å². The first kappa shape index (κ1) is 24.1. The SMILES string of the molecule is CCOC(=O)C(NC(=O)c1sc2ncn(Cc3cccc(F)c3)c(=O)c2c1C)C(=O)OCC. The predicted molar refractivity (Wildman–Crippen MR) is 119 cm³/mol. The van der Waals surface area contributed by atoms with Gasteiger partial charge in [-0.05, 0) is 44.0 Å². The summed E-state index contributed by atoms with van der Waals surface area (Å²) < 4.78 is 24.5. The summed E-state index contributed by atoms with van der Waals surface area (Å²) in [7, 11) is 0. The van der Waals surface area contributed by atoms with Crippen molar-refractivity contribution in [3.8, 4) is 0 Å². The molecule has 3 aromatic rings. The number of carbonyl (C=O) groups is 3. The average Bonchev–Trinajstić information content (AvgIpc) is 3.11. The molecule has 9 nitrogen and oxygen atoms in total. The van der Waals surface area contributed by atoms with Gasteiger partial charge in [-0.3, -0.25) is 14.2 Å². The number of esters is 2. The molecule has 3 rings (SSSR count). The van der Waals surface area contributed by atoms with Gasteiger partial charge in [-0.15, -0.1) is 11.3 Å². The Morgan fingerprint density at radius 2 is 1.85 bits per heavy atom. The molecule has 0 aliphatic heterocycles. The molecule has 1 aromatic carbocycles. The van der Waals surface area contributed by atoms with Crippen LogP contribution in [0.2, 0.25) is 0 Å². The minimum absolute atomic E-state index is 0.0152. The lowest BCUT2D eigenvalue weighted by Gasteiger charge is -2.15. The van der Waals surface area contributed by atoms with Crippen LogP contribution in [0, 0.1) is 12.7 Å². The second-order valence-corrected chi connectivity index (χ2v) is 7.95. The number of benzene rings is 1. The first-order chi connectivity index (χ1) is 15.8. The Morgan fingerprint density at radius 3 is 2.45 bits per heavy atom. The van der Waals surface area contributed by atoms with Crippen LogP contribution in [-0.4, -0.2) is 46.7 Å². The Morgan fingerprint density at radius 1 is 1.18 bits per heavy atom. The van der Waals surface area contributed by atoms with Crippen LogP contribution in [0.15, 0.2) is 35.4 Å². The van der Waals surface area contributed by atoms with Crippen molar-refractivity contribution in [3.05, 3.63) is 62.8 Å². The van der Waals surface area contributed by atoms with E-state index in [9.17, 15) is 23.6 Å². The van der Waals surface area contributed by atoms with Crippen molar-refractivity contribution in [2.45, 2.75) is 33.4 Å². The van der Waals surface area contributed by atoms with Crippen LogP contribution >= 0.6 is 11.3 Å². The Bertz CT molecular complexity index is 1250. The number of hydrogen-bond donors (Lipinski definition) is 1. The molecule has 0 spiro atoms. The number of thiophene rings is 1. The Balaban J connectivity index is 1.93. The summed E-state index contributed by atoms with van der Waals surface area (Å²) in [6, 6.07) is 4.22. The molecule has 11 heteroatoms. The zero-order valence-electron chi connectivity index (χ0n) is 18.2. The Hall–Kier alpha value is -3.60. The lowest BCUT2D eigenvalue weighted by Crippen LogP contribution is -2.48. The van der Waals surface area contributed by atoms with E-state index >= 15 is 0 Å². The maximum Gasteiger partial charge on any atom is 0.340 e. The van der Waals surface area contributed by atoms with Crippen LogP contribution in [0.25, 0.3) is 10.2 Å². The van der Waals surface area contributed by atoms with Gasteiger partial charge in [-0.2, -0.15) is 0 Å². The topological polar surface area (TPSA) is 117 Å². The number of nitrogens with one attached hydrogen (secondary N) is 1. The minimum Gasteiger partial charge on any atom is -0.464 e. The number of carbonyl (C=O) groups excluding carboxylic acids is 3. The van der Waals surface area contributed by atoms with Gasteiger partial charge in [0, 0.05) is 0 Å². The van der Waals surface area contributed by atoms with Crippen LogP contribution in [0.4, 0.5) is 4.39 Å². The molecule has 2 heterocycles. The molecule has 0 fully saturated rings. The Kier molecular flexibility index (Phi) is 7.54. The van der Waals surface area contributed by atoms with Crippen molar-refractivity contribution in [3.63, 3.8) is 0 Å². The monoisotopic (exact) mass is 475 g/mol. The van der Waals surface area contributed by atoms with E-state index in [2.05, 4.69) is 10.3 Å². The second kappa shape index (κ2) is 10.3. The highest BCUT2D eigenvalue weighted by atomic mass is 32.1. The smallest absolute Gasteiger partial charge is 0.340 e. The van der Waals surface area contributed by atoms with Crippen molar-refractivity contribution in [2.24, 2.45) is 0 Å². The zero-order valence-corrected chi connectivity index (χ0v) is 19.0. The van der Waals surface area contributed by atoms with Gasteiger partial charge in [0.2, 0.25) is 6.04 Å². The lowest BCUT2D eigenvalue weighted by molar-refractivity contribution is -0.157. The highest BCUT2D eigenvalue weighted by Gasteiger charge is 2.33. The molecule has 0 bridgehead atoms. The van der Waals surface area contributed by atoms with Crippen LogP contribution < -0.4 is 10.9 Å². The number of ether oxygens (including phenoxy) is 2. The molecule has 1 N–H and O–H groups in total. The summed E-state index contributed by atoms with van der Waals surface area (Å²) in [5.74, 6) is -3.05. The molecule has 0 radical (unpaired) electrons. The van der Waals surface area contributed by atoms with Gasteiger partial charge in [-0.1, -0.05) is 12.1 Å². The van der Waals surface area contributed by atoms with Crippen molar-refractivity contribution >= 4 is 39.4 Å². The van der Waals surface area contributed by atoms with Crippen molar-refractivity contribution in [1.82, 2.24) is 14.9 Å². The summed E-state index contributed by atoms with van der Waals surface area (Å²) >= 11 is 0.955. The maximum absolute atomic E-state index is 13.5. The number of aryl methyl sites for hydroxylation is 1. The third-order valence-corrected chi connectivity index (χ3v) is 5.88. The van der Waals surface area contributed by atoms with Gasteiger partial charge < -0.3 is 14.8 Å². The largest absolute Gasteiger partial charge is 0.464 e. The molecule has 0 saturated carbocycles. The number of amides is 1. The van der Waals surface area contributed by atoms with E-state index in [0.717, 1.165) is 11.3 Å². The number of halogens is 1. The average molecular weight is 475 g/mol. The standard InChI is InChI=1S/C22H22FN3O6S/c1-4-31-21(29)16(22(30)32-5-2)25-18(27)17-12(3)15-19(33-17)24-11-26(20(15)28)10-13-7-6-8-14(23)9-13/h6-9,11,16H,4-5,10H2,1-3H3,(H,25,27). The molecule has 33 heavy (non-hydrogen) atoms. The third-order valence-electron chi connectivity index (χ3n) is 4.69. The third kappa shape index (κ3) is 5.25. The van der Waals surface area contributed by atoms with Crippen LogP contribution in [-0.2, 0) is 25.6 Å². The molecule has 0 saturated heterocycles. The summed E-state index contributed by atoms with van der Waals surface area (Å²) in [4.78, 5) is 54.9. The molecule has 0 unspecified atom stereocenters. The number of aromatic nitrogens is 2. The van der Waals surface area contributed by atoms with Crippen LogP contribution in [0.5, 0.6) is 0 Å². The molecule has 1 amide bonds. The molecule has 0 atom stereocenters. The normalized spacial score (nSPS) is 10.9. The van der Waals surface area contributed by atoms with Crippen molar-refractivity contribution in [1.29, 1.82) is 0 Å². The summed E-state index contributed by atoms with van der Waals surface area (Å²) in [5, 5.41) is 2.56. The number of fused-ring (bicyclic) bond motifs is 1. The van der Waals surface area contributed by atoms with E-state index in [1.165, 1.54) is 23.0 Å². The number of nitrogens with zero attached hydrogens (tertiary/aromatic N) is 2. The van der Waals surface area contributed by atoms with Gasteiger partial charge in [-0.25, -0.2) is 19.0 Å². The van der Waals surface area contributed by atoms with Gasteiger partial charge in [0.15, 0.2) is 0 Å². The van der Waals surface area contributed by atoms with Gasteiger partial charge in [0.1, 0.15) is 10.6 Å². The lowest BCUT2D eigenvalue weighted by atomic mass is 10.2. The van der Waals surface area contributed by atoms with E-state index < -0.39 is 35.3 Å². The summed E-state index contributed by atoms with van der Waals surface area (Å²) in [5.41, 5.74) is 0.533. The summed E-state index contributed by atoms with van der Waals surface area (Å²) in [6.07, 6.45) is 1.33. The van der Waals surface area contributed by atoms with Gasteiger partial charge in [0.25, 0.3) is 11.5 Å². The quantitative estimate of drug-likeness (QED) is 0.392. The molecule has 0 aliphatic carbocycles. The number of hydrogen-bond acceptors (Lipinski definition) is 8. The van der Waals surface area contributed by atoms with Gasteiger partial charge >= 0.3 is 11.9 Å². The molecule has 0 aliphatic rings. The van der Waals surface area contributed by atoms with Crippen LogP contribution in [0.3, 0.4) is 0 Å². The van der Waals surface area contributed by atoms with Crippen molar-refractivity contribution in [2.75, 3.05) is 13.2 Å². The predicted octanol–water partition coefficient (Wildman–Crippen LogP) is 2.18. The van der Waals surface area contributed by atoms with E-state index in [1.54, 1.807) is 32.9 Å². The molecule has 174 valence electrons. The van der Waals surface area contributed by atoms with Crippen molar-refractivity contribution < 1.29 is 28.2 Å². The zero-order chi connectivity index (χ0) is 24.1. The Labute approximate surface area is 192 Å². The second-order valence-electron chi connectivity index (χ2n) is 6.95. The molecular weight excluding hydrogens is 453 g/mol. The van der Waals surface area contributed by atoms with Gasteiger partial charge in [0.05, 0.1) is 36.3 Å². The summed E-state index contributed by atoms with van der Waals surface area (Å²) in [6.45, 7) is 4.84. The minimum atomic E-state index is -1.64. The highest BCUT2D eigenvalue weighted by molar-refractivity contribution is 7.20. The fourth-order valence-corrected chi connectivity index (χ4v) is 4.22. The fraction of sp³-hybridized carbons (Fsp3) is 0.318. The number of rotatable bonds is 8. The highest BCUT2D eigenvalue weighted by Crippen LogP contribution is 2.27. The van der Waals surface area contributed by atoms with E-state index in [-0.39, 0.29) is 30.0 Å². The van der Waals surface area contributed by atoms with E-state index in [1.807, 2.05) is 0 Å². The molecule has 2 aromatic heterocycles.